The van der Waals surface area contributed by atoms with Crippen LogP contribution in [0.25, 0.3) is 0 Å². The van der Waals surface area contributed by atoms with Gasteiger partial charge in [-0.05, 0) is 36.4 Å². The third kappa shape index (κ3) is 4.10. The lowest BCUT2D eigenvalue weighted by molar-refractivity contribution is -0.136. The van der Waals surface area contributed by atoms with Crippen molar-refractivity contribution in [2.75, 3.05) is 11.6 Å². The molecule has 0 aliphatic heterocycles. The number of carbonyl (C=O) groups excluding carboxylic acids is 1. The Hall–Kier alpha value is -2.35. The Morgan fingerprint density at radius 2 is 1.57 bits per heavy atom. The summed E-state index contributed by atoms with van der Waals surface area (Å²) in [6.45, 7) is 0. The predicted molar refractivity (Wildman–Crippen MR) is 78.9 cm³/mol. The summed E-state index contributed by atoms with van der Waals surface area (Å²) in [5.41, 5.74) is -1.27. The van der Waals surface area contributed by atoms with Crippen LogP contribution in [-0.2, 0) is 16.0 Å². The van der Waals surface area contributed by atoms with Crippen LogP contribution < -0.4 is 5.32 Å². The van der Waals surface area contributed by atoms with E-state index in [1.165, 1.54) is 36.4 Å². The second-order valence-electron chi connectivity index (χ2n) is 4.79. The van der Waals surface area contributed by atoms with E-state index in [2.05, 4.69) is 5.32 Å². The molecule has 8 heteroatoms. The van der Waals surface area contributed by atoms with Gasteiger partial charge in [0.15, 0.2) is 9.84 Å². The molecule has 2 aromatic rings. The fourth-order valence-electron chi connectivity index (χ4n) is 1.89. The van der Waals surface area contributed by atoms with Crippen molar-refractivity contribution < 1.29 is 26.4 Å². The number of nitrogens with one attached hydrogen (secondary N) is 1. The summed E-state index contributed by atoms with van der Waals surface area (Å²) in [4.78, 5) is 12.0. The molecule has 0 bridgehead atoms. The van der Waals surface area contributed by atoms with Crippen LogP contribution in [0, 0.1) is 0 Å². The molecule has 0 saturated heterocycles. The largest absolute Gasteiger partial charge is 0.418 e. The van der Waals surface area contributed by atoms with Crippen LogP contribution in [-0.4, -0.2) is 20.6 Å². The predicted octanol–water partition coefficient (Wildman–Crippen LogP) is 3.36. The van der Waals surface area contributed by atoms with Crippen molar-refractivity contribution in [3.63, 3.8) is 0 Å². The fourth-order valence-corrected chi connectivity index (χ4v) is 2.52. The Balaban J connectivity index is 2.27. The summed E-state index contributed by atoms with van der Waals surface area (Å²) in [5, 5.41) is 2.18. The molecule has 0 atom stereocenters. The number of anilines is 1. The topological polar surface area (TPSA) is 63.2 Å². The first-order valence-corrected chi connectivity index (χ1v) is 8.26. The van der Waals surface area contributed by atoms with Crippen LogP contribution in [0.15, 0.2) is 53.4 Å². The van der Waals surface area contributed by atoms with Crippen LogP contribution in [0.3, 0.4) is 0 Å². The van der Waals surface area contributed by atoms with Crippen LogP contribution >= 0.6 is 0 Å². The van der Waals surface area contributed by atoms with Crippen molar-refractivity contribution >= 4 is 21.4 Å². The summed E-state index contributed by atoms with van der Waals surface area (Å²) in [5.74, 6) is -0.762. The van der Waals surface area contributed by atoms with Crippen LogP contribution in [0.4, 0.5) is 18.9 Å². The third-order valence-corrected chi connectivity index (χ3v) is 4.15. The number of hydrogen-bond acceptors (Lipinski definition) is 3. The molecule has 0 radical (unpaired) electrons. The minimum absolute atomic E-state index is 0.0183. The second kappa shape index (κ2) is 6.04. The van der Waals surface area contributed by atoms with Gasteiger partial charge in [-0.2, -0.15) is 13.2 Å². The van der Waals surface area contributed by atoms with E-state index >= 15 is 0 Å². The molecule has 0 fully saturated rings. The van der Waals surface area contributed by atoms with Crippen LogP contribution in [0.5, 0.6) is 0 Å². The van der Waals surface area contributed by atoms with Gasteiger partial charge in [0, 0.05) is 11.8 Å². The van der Waals surface area contributed by atoms with Gasteiger partial charge in [-0.3, -0.25) is 4.79 Å². The maximum absolute atomic E-state index is 12.9. The van der Waals surface area contributed by atoms with E-state index in [0.717, 1.165) is 18.4 Å². The molecule has 0 saturated carbocycles. The molecule has 2 aromatic carbocycles. The number of rotatable bonds is 3. The van der Waals surface area contributed by atoms with Crippen LogP contribution in [0.1, 0.15) is 15.9 Å². The number of hydrogen-bond donors (Lipinski definition) is 1. The fraction of sp³-hybridized carbons (Fsp3) is 0.133. The lowest BCUT2D eigenvalue weighted by Crippen LogP contribution is -2.16. The van der Waals surface area contributed by atoms with Gasteiger partial charge in [0.05, 0.1) is 16.1 Å². The molecule has 122 valence electrons. The van der Waals surface area contributed by atoms with Gasteiger partial charge >= 0.3 is 6.18 Å². The van der Waals surface area contributed by atoms with Gasteiger partial charge in [-0.15, -0.1) is 0 Å². The van der Waals surface area contributed by atoms with Crippen molar-refractivity contribution in [3.05, 3.63) is 59.7 Å². The molecule has 0 unspecified atom stereocenters. The minimum Gasteiger partial charge on any atom is -0.321 e. The molecular formula is C15H12F3NO3S. The Morgan fingerprint density at radius 3 is 2.09 bits per heavy atom. The highest BCUT2D eigenvalue weighted by molar-refractivity contribution is 7.90. The van der Waals surface area contributed by atoms with Crippen LogP contribution in [0.2, 0.25) is 0 Å². The molecule has 2 rings (SSSR count). The highest BCUT2D eigenvalue weighted by Gasteiger charge is 2.33. The van der Waals surface area contributed by atoms with Crippen molar-refractivity contribution in [2.45, 2.75) is 11.1 Å². The number of halogens is 3. The van der Waals surface area contributed by atoms with E-state index in [9.17, 15) is 26.4 Å². The molecule has 0 aromatic heterocycles. The van der Waals surface area contributed by atoms with Gasteiger partial charge in [0.25, 0.3) is 5.91 Å². The lowest BCUT2D eigenvalue weighted by Gasteiger charge is -2.13. The van der Waals surface area contributed by atoms with E-state index in [0.29, 0.717) is 0 Å². The zero-order chi connectivity index (χ0) is 17.3. The van der Waals surface area contributed by atoms with Gasteiger partial charge in [0.2, 0.25) is 0 Å². The van der Waals surface area contributed by atoms with E-state index in [4.69, 9.17) is 0 Å². The maximum Gasteiger partial charge on any atom is 0.418 e. The normalized spacial score (nSPS) is 12.0. The highest BCUT2D eigenvalue weighted by atomic mass is 32.2. The second-order valence-corrected chi connectivity index (χ2v) is 6.81. The first-order chi connectivity index (χ1) is 10.6. The summed E-state index contributed by atoms with van der Waals surface area (Å²) in [6, 6.07) is 9.52. The van der Waals surface area contributed by atoms with Crippen molar-refractivity contribution in [2.24, 2.45) is 0 Å². The van der Waals surface area contributed by atoms with Gasteiger partial charge < -0.3 is 5.32 Å². The standard InChI is InChI=1S/C15H12F3NO3S/c1-23(21,22)11-8-6-10(7-9-11)14(20)19-13-5-3-2-4-12(13)15(16,17)18/h2-9H,1H3,(H,19,20). The minimum atomic E-state index is -4.59. The monoisotopic (exact) mass is 343 g/mol. The summed E-state index contributed by atoms with van der Waals surface area (Å²) >= 11 is 0. The van der Waals surface area contributed by atoms with E-state index in [1.54, 1.807) is 0 Å². The number of carbonyl (C=O) groups is 1. The molecule has 23 heavy (non-hydrogen) atoms. The third-order valence-electron chi connectivity index (χ3n) is 3.03. The number of sulfone groups is 1. The highest BCUT2D eigenvalue weighted by Crippen LogP contribution is 2.34. The Labute approximate surface area is 130 Å². The quantitative estimate of drug-likeness (QED) is 0.929. The Kier molecular flexibility index (Phi) is 4.46. The Bertz CT molecular complexity index is 828. The first-order valence-electron chi connectivity index (χ1n) is 6.37. The zero-order valence-electron chi connectivity index (χ0n) is 11.9. The van der Waals surface area contributed by atoms with Gasteiger partial charge in [0.1, 0.15) is 0 Å². The summed E-state index contributed by atoms with van der Waals surface area (Å²) < 4.78 is 61.3. The molecule has 0 aliphatic carbocycles. The van der Waals surface area contributed by atoms with Crippen molar-refractivity contribution in [1.29, 1.82) is 0 Å². The number of benzene rings is 2. The SMILES string of the molecule is CS(=O)(=O)c1ccc(C(=O)Nc2ccccc2C(F)(F)F)cc1. The van der Waals surface area contributed by atoms with Gasteiger partial charge in [-0.25, -0.2) is 8.42 Å². The average molecular weight is 343 g/mol. The maximum atomic E-state index is 12.9. The number of alkyl halides is 3. The molecule has 4 nitrogen and oxygen atoms in total. The molecule has 1 amide bonds. The van der Waals surface area contributed by atoms with E-state index < -0.39 is 27.5 Å². The van der Waals surface area contributed by atoms with Crippen molar-refractivity contribution in [1.82, 2.24) is 0 Å². The lowest BCUT2D eigenvalue weighted by atomic mass is 10.1. The molecule has 0 spiro atoms. The number of amides is 1. The smallest absolute Gasteiger partial charge is 0.321 e. The van der Waals surface area contributed by atoms with Crippen molar-refractivity contribution in [3.8, 4) is 0 Å². The Morgan fingerprint density at radius 1 is 1.00 bits per heavy atom. The zero-order valence-corrected chi connectivity index (χ0v) is 12.7. The van der Waals surface area contributed by atoms with E-state index in [-0.39, 0.29) is 16.1 Å². The molecule has 1 N–H and O–H groups in total. The van der Waals surface area contributed by atoms with Gasteiger partial charge in [-0.1, -0.05) is 12.1 Å². The summed E-state index contributed by atoms with van der Waals surface area (Å²) in [7, 11) is -3.41. The molecule has 0 aliphatic rings. The average Bonchev–Trinajstić information content (AvgIpc) is 2.46. The summed E-state index contributed by atoms with van der Waals surface area (Å²) in [6.07, 6.45) is -3.58. The van der Waals surface area contributed by atoms with E-state index in [1.807, 2.05) is 0 Å². The molecular weight excluding hydrogens is 331 g/mol. The molecule has 0 heterocycles. The first kappa shape index (κ1) is 17.0. The number of para-hydroxylation sites is 1.